The summed E-state index contributed by atoms with van der Waals surface area (Å²) in [7, 11) is 0. The highest BCUT2D eigenvalue weighted by Gasteiger charge is 2.52. The average Bonchev–Trinajstić information content (AvgIpc) is 3.50. The topological polar surface area (TPSA) is 9.23 Å². The van der Waals surface area contributed by atoms with E-state index in [0.717, 1.165) is 40.1 Å². The van der Waals surface area contributed by atoms with Crippen LogP contribution in [0, 0.1) is 11.8 Å². The highest BCUT2D eigenvalue weighted by molar-refractivity contribution is 9.10. The van der Waals surface area contributed by atoms with Crippen molar-refractivity contribution in [2.24, 2.45) is 11.8 Å². The average molecular weight is 729 g/mol. The third-order valence-electron chi connectivity index (χ3n) is 10.7. The SMILES string of the molecule is CCCCC(CC)CCc1cc2c(cc1OCC(CC)CCCC)C1(c3ccccc3-2)c2cc(Br)ccc2-c2ccc(Br)cc21. The van der Waals surface area contributed by atoms with Crippen LogP contribution in [0.25, 0.3) is 22.3 Å². The molecule has 0 heterocycles. The van der Waals surface area contributed by atoms with Gasteiger partial charge in [0, 0.05) is 8.95 Å². The van der Waals surface area contributed by atoms with E-state index in [1.165, 1.54) is 101 Å². The molecule has 0 N–H and O–H groups in total. The molecule has 2 aliphatic rings. The van der Waals surface area contributed by atoms with Gasteiger partial charge in [-0.05, 0) is 118 Å². The van der Waals surface area contributed by atoms with Crippen molar-refractivity contribution in [3.05, 3.63) is 110 Å². The molecule has 236 valence electrons. The summed E-state index contributed by atoms with van der Waals surface area (Å²) < 4.78 is 9.20. The molecule has 0 radical (unpaired) electrons. The van der Waals surface area contributed by atoms with E-state index in [1.807, 2.05) is 0 Å². The first-order valence-corrected chi connectivity index (χ1v) is 19.0. The molecule has 0 bridgehead atoms. The zero-order chi connectivity index (χ0) is 31.6. The summed E-state index contributed by atoms with van der Waals surface area (Å²) in [5, 5.41) is 0. The van der Waals surface area contributed by atoms with E-state index in [0.29, 0.717) is 5.92 Å². The van der Waals surface area contributed by atoms with E-state index in [4.69, 9.17) is 4.74 Å². The molecule has 0 saturated heterocycles. The first-order chi connectivity index (χ1) is 22.0. The summed E-state index contributed by atoms with van der Waals surface area (Å²) in [5.74, 6) is 2.45. The Kier molecular flexibility index (Phi) is 10.3. The molecule has 0 aliphatic heterocycles. The predicted octanol–water partition coefficient (Wildman–Crippen LogP) is 13.3. The first-order valence-electron chi connectivity index (χ1n) is 17.5. The fourth-order valence-electron chi connectivity index (χ4n) is 8.04. The summed E-state index contributed by atoms with van der Waals surface area (Å²) in [4.78, 5) is 0. The Morgan fingerprint density at radius 2 is 1.18 bits per heavy atom. The van der Waals surface area contributed by atoms with Crippen LogP contribution in [0.3, 0.4) is 0 Å². The molecule has 1 spiro atoms. The molecule has 2 aliphatic carbocycles. The van der Waals surface area contributed by atoms with E-state index in [-0.39, 0.29) is 5.41 Å². The maximum absolute atomic E-state index is 6.97. The van der Waals surface area contributed by atoms with E-state index in [1.54, 1.807) is 0 Å². The smallest absolute Gasteiger partial charge is 0.122 e. The fraction of sp³-hybridized carbons (Fsp3) is 0.429. The van der Waals surface area contributed by atoms with Crippen LogP contribution in [0.2, 0.25) is 0 Å². The number of benzene rings is 4. The maximum Gasteiger partial charge on any atom is 0.122 e. The number of unbranched alkanes of at least 4 members (excludes halogenated alkanes) is 2. The normalized spacial score (nSPS) is 15.0. The van der Waals surface area contributed by atoms with Gasteiger partial charge >= 0.3 is 0 Å². The minimum absolute atomic E-state index is 0.389. The van der Waals surface area contributed by atoms with Gasteiger partial charge in [-0.2, -0.15) is 0 Å². The number of ether oxygens (including phenoxy) is 1. The van der Waals surface area contributed by atoms with Crippen LogP contribution in [0.5, 0.6) is 5.75 Å². The van der Waals surface area contributed by atoms with Crippen molar-refractivity contribution < 1.29 is 4.74 Å². The summed E-state index contributed by atoms with van der Waals surface area (Å²) in [6, 6.07) is 27.8. The van der Waals surface area contributed by atoms with Crippen LogP contribution in [-0.2, 0) is 11.8 Å². The predicted molar refractivity (Wildman–Crippen MR) is 199 cm³/mol. The quantitative estimate of drug-likeness (QED) is 0.109. The fourth-order valence-corrected chi connectivity index (χ4v) is 8.76. The Bertz CT molecular complexity index is 1600. The standard InChI is InChI=1S/C42H48Br2O/c1-5-9-13-28(7-3)17-18-30-23-36-33-15-11-12-16-37(33)42(40(36)26-41(30)45-27-29(8-4)14-10-6-2)38-24-31(43)19-21-34(38)35-22-20-32(44)25-39(35)42/h11-12,15-16,19-26,28-29H,5-10,13-14,17-18,27H2,1-4H3. The molecule has 2 atom stereocenters. The molecule has 0 aromatic heterocycles. The van der Waals surface area contributed by atoms with Crippen molar-refractivity contribution in [1.29, 1.82) is 0 Å². The molecule has 2 unspecified atom stereocenters. The van der Waals surface area contributed by atoms with Gasteiger partial charge < -0.3 is 4.74 Å². The largest absolute Gasteiger partial charge is 0.493 e. The second-order valence-corrected chi connectivity index (χ2v) is 15.2. The molecule has 0 amide bonds. The Morgan fingerprint density at radius 3 is 1.80 bits per heavy atom. The van der Waals surface area contributed by atoms with Gasteiger partial charge in [-0.25, -0.2) is 0 Å². The van der Waals surface area contributed by atoms with Crippen LogP contribution >= 0.6 is 31.9 Å². The molecule has 1 nitrogen and oxygen atoms in total. The lowest BCUT2D eigenvalue weighted by molar-refractivity contribution is 0.231. The number of aryl methyl sites for hydroxylation is 1. The number of hydrogen-bond acceptors (Lipinski definition) is 1. The third kappa shape index (κ3) is 5.98. The van der Waals surface area contributed by atoms with Crippen molar-refractivity contribution in [3.8, 4) is 28.0 Å². The Labute approximate surface area is 288 Å². The van der Waals surface area contributed by atoms with Crippen molar-refractivity contribution in [3.63, 3.8) is 0 Å². The van der Waals surface area contributed by atoms with Gasteiger partial charge in [-0.15, -0.1) is 0 Å². The Morgan fingerprint density at radius 1 is 0.600 bits per heavy atom. The summed E-state index contributed by atoms with van der Waals surface area (Å²) >= 11 is 7.71. The minimum Gasteiger partial charge on any atom is -0.493 e. The zero-order valence-corrected chi connectivity index (χ0v) is 30.7. The van der Waals surface area contributed by atoms with Gasteiger partial charge in [0.15, 0.2) is 0 Å². The van der Waals surface area contributed by atoms with E-state index in [9.17, 15) is 0 Å². The van der Waals surface area contributed by atoms with Crippen molar-refractivity contribution in [2.75, 3.05) is 6.61 Å². The molecular formula is C42H48Br2O. The molecule has 6 rings (SSSR count). The number of halogens is 2. The molecule has 0 saturated carbocycles. The van der Waals surface area contributed by atoms with Gasteiger partial charge in [-0.3, -0.25) is 0 Å². The van der Waals surface area contributed by atoms with Crippen LogP contribution in [0.4, 0.5) is 0 Å². The highest BCUT2D eigenvalue weighted by atomic mass is 79.9. The second kappa shape index (κ2) is 14.2. The van der Waals surface area contributed by atoms with Gasteiger partial charge in [0.2, 0.25) is 0 Å². The highest BCUT2D eigenvalue weighted by Crippen LogP contribution is 2.64. The molecule has 4 aromatic carbocycles. The van der Waals surface area contributed by atoms with Crippen LogP contribution in [0.1, 0.15) is 113 Å². The van der Waals surface area contributed by atoms with Crippen molar-refractivity contribution in [1.82, 2.24) is 0 Å². The first kappa shape index (κ1) is 32.6. The van der Waals surface area contributed by atoms with Gasteiger partial charge in [-0.1, -0.05) is 141 Å². The number of hydrogen-bond donors (Lipinski definition) is 0. The van der Waals surface area contributed by atoms with Crippen LogP contribution in [0.15, 0.2) is 81.7 Å². The molecular weight excluding hydrogens is 680 g/mol. The van der Waals surface area contributed by atoms with Crippen LogP contribution < -0.4 is 4.74 Å². The summed E-state index contributed by atoms with van der Waals surface area (Å²) in [6.07, 6.45) is 12.4. The minimum atomic E-state index is -0.389. The molecule has 4 aromatic rings. The molecule has 3 heteroatoms. The molecule has 0 fully saturated rings. The van der Waals surface area contributed by atoms with Gasteiger partial charge in [0.25, 0.3) is 0 Å². The molecule has 45 heavy (non-hydrogen) atoms. The van der Waals surface area contributed by atoms with E-state index in [2.05, 4.69) is 132 Å². The van der Waals surface area contributed by atoms with Crippen LogP contribution in [-0.4, -0.2) is 6.61 Å². The lowest BCUT2D eigenvalue weighted by Crippen LogP contribution is -2.26. The van der Waals surface area contributed by atoms with Gasteiger partial charge in [0.1, 0.15) is 5.75 Å². The van der Waals surface area contributed by atoms with Crippen molar-refractivity contribution >= 4 is 31.9 Å². The Hall–Kier alpha value is -2.36. The third-order valence-corrected chi connectivity index (χ3v) is 11.7. The lowest BCUT2D eigenvalue weighted by Gasteiger charge is -2.31. The second-order valence-electron chi connectivity index (χ2n) is 13.4. The van der Waals surface area contributed by atoms with Crippen molar-refractivity contribution in [2.45, 2.75) is 97.3 Å². The number of fused-ring (bicyclic) bond motifs is 10. The summed E-state index contributed by atoms with van der Waals surface area (Å²) in [5.41, 5.74) is 11.8. The maximum atomic E-state index is 6.97. The zero-order valence-electron chi connectivity index (χ0n) is 27.5. The Balaban J connectivity index is 1.54. The van der Waals surface area contributed by atoms with E-state index < -0.39 is 0 Å². The lowest BCUT2D eigenvalue weighted by atomic mass is 9.70. The monoisotopic (exact) mass is 726 g/mol. The van der Waals surface area contributed by atoms with E-state index >= 15 is 0 Å². The van der Waals surface area contributed by atoms with Gasteiger partial charge in [0.05, 0.1) is 12.0 Å². The summed E-state index contributed by atoms with van der Waals surface area (Å²) in [6.45, 7) is 10.1. The number of rotatable bonds is 14.